The maximum Gasteiger partial charge on any atom is 0.133 e. The molecule has 3 rings (SSSR count). The highest BCUT2D eigenvalue weighted by atomic mass is 19.1. The van der Waals surface area contributed by atoms with Gasteiger partial charge in [-0.3, -0.25) is 0 Å². The number of rotatable bonds is 4. The Kier molecular flexibility index (Phi) is 14.4. The average molecular weight is 487 g/mol. The molecule has 198 valence electrons. The zero-order chi connectivity index (χ0) is 25.1. The van der Waals surface area contributed by atoms with Crippen molar-refractivity contribution in [1.82, 2.24) is 0 Å². The predicted octanol–water partition coefficient (Wildman–Crippen LogP) is -1.13. The first kappa shape index (κ1) is 30.6. The van der Waals surface area contributed by atoms with Gasteiger partial charge in [0.15, 0.2) is 0 Å². The fourth-order valence-corrected chi connectivity index (χ4v) is 3.92. The topological polar surface area (TPSA) is 158 Å². The lowest BCUT2D eigenvalue weighted by atomic mass is 9.94. The fraction of sp³-hybridized carbons (Fsp3) is 1.00. The number of aliphatic hydroxyl groups excluding tert-OH is 6. The van der Waals surface area contributed by atoms with Gasteiger partial charge in [-0.2, -0.15) is 0 Å². The Hall–Kier alpha value is -0.470. The molecular weight excluding hydrogens is 443 g/mol. The van der Waals surface area contributed by atoms with Crippen LogP contribution in [0.3, 0.4) is 0 Å². The van der Waals surface area contributed by atoms with Crippen molar-refractivity contribution in [2.75, 3.05) is 46.8 Å². The van der Waals surface area contributed by atoms with Crippen molar-refractivity contribution < 1.29 is 54.0 Å². The Bertz CT molecular complexity index is 514. The van der Waals surface area contributed by atoms with Gasteiger partial charge in [0.25, 0.3) is 0 Å². The third-order valence-electron chi connectivity index (χ3n) is 6.16. The molecule has 0 saturated carbocycles. The molecule has 0 aromatic carbocycles. The minimum atomic E-state index is -1.28. The number of halogens is 1. The summed E-state index contributed by atoms with van der Waals surface area (Å²) in [4.78, 5) is 0. The summed E-state index contributed by atoms with van der Waals surface area (Å²) in [5.74, 6) is 0.304. The molecule has 0 bridgehead atoms. The van der Waals surface area contributed by atoms with Gasteiger partial charge in [0.2, 0.25) is 0 Å². The maximum absolute atomic E-state index is 13.0. The van der Waals surface area contributed by atoms with E-state index in [0.717, 1.165) is 6.42 Å². The van der Waals surface area contributed by atoms with Gasteiger partial charge < -0.3 is 49.6 Å². The molecule has 3 heterocycles. The second kappa shape index (κ2) is 15.5. The molecule has 0 amide bonds. The highest BCUT2D eigenvalue weighted by Gasteiger charge is 2.37. The molecular formula is C22H43FO10. The lowest BCUT2D eigenvalue weighted by Gasteiger charge is -2.37. The van der Waals surface area contributed by atoms with Crippen molar-refractivity contribution in [2.24, 2.45) is 17.8 Å². The van der Waals surface area contributed by atoms with E-state index in [-0.39, 0.29) is 50.5 Å². The van der Waals surface area contributed by atoms with Gasteiger partial charge in [-0.05, 0) is 12.3 Å². The number of hydrogen-bond acceptors (Lipinski definition) is 10. The van der Waals surface area contributed by atoms with Crippen LogP contribution in [-0.4, -0.2) is 126 Å². The summed E-state index contributed by atoms with van der Waals surface area (Å²) in [6, 6.07) is 0. The molecule has 3 aliphatic rings. The molecule has 0 aromatic heterocycles. The lowest BCUT2D eigenvalue weighted by Crippen LogP contribution is -2.51. The largest absolute Gasteiger partial charge is 0.394 e. The van der Waals surface area contributed by atoms with Crippen LogP contribution in [0.2, 0.25) is 0 Å². The van der Waals surface area contributed by atoms with Crippen LogP contribution in [0.25, 0.3) is 0 Å². The molecule has 3 aliphatic heterocycles. The summed E-state index contributed by atoms with van der Waals surface area (Å²) in [5.41, 5.74) is 0. The SMILES string of the molecule is COC1[C@H](C)CO[C@H](CO)[C@H]1O.C[C@@H]1CO[C@H](CO)[C@@H](O)C1.C[C@@H]1CO[C@H](CO)[C@@H](O)[C@H]1F. The molecule has 0 aromatic rings. The van der Waals surface area contributed by atoms with Gasteiger partial charge in [0, 0.05) is 25.6 Å². The molecule has 3 saturated heterocycles. The monoisotopic (exact) mass is 486 g/mol. The lowest BCUT2D eigenvalue weighted by molar-refractivity contribution is -0.179. The first-order valence-electron chi connectivity index (χ1n) is 11.5. The Labute approximate surface area is 195 Å². The Morgan fingerprint density at radius 2 is 1.24 bits per heavy atom. The van der Waals surface area contributed by atoms with Gasteiger partial charge in [0.1, 0.15) is 36.7 Å². The minimum Gasteiger partial charge on any atom is -0.394 e. The molecule has 6 N–H and O–H groups in total. The number of hydrogen-bond donors (Lipinski definition) is 6. The van der Waals surface area contributed by atoms with Crippen LogP contribution < -0.4 is 0 Å². The summed E-state index contributed by atoms with van der Waals surface area (Å²) in [6.07, 6.45) is -4.73. The van der Waals surface area contributed by atoms with Gasteiger partial charge in [0.05, 0.1) is 45.2 Å². The first-order chi connectivity index (χ1) is 15.6. The Morgan fingerprint density at radius 1 is 0.758 bits per heavy atom. The molecule has 0 radical (unpaired) electrons. The van der Waals surface area contributed by atoms with Crippen molar-refractivity contribution in [2.45, 2.75) is 76.1 Å². The molecule has 11 atom stereocenters. The smallest absolute Gasteiger partial charge is 0.133 e. The first-order valence-corrected chi connectivity index (χ1v) is 11.5. The average Bonchev–Trinajstić information content (AvgIpc) is 2.79. The summed E-state index contributed by atoms with van der Waals surface area (Å²) in [5, 5.41) is 54.1. The van der Waals surface area contributed by atoms with E-state index in [9.17, 15) is 14.6 Å². The Morgan fingerprint density at radius 3 is 1.73 bits per heavy atom. The van der Waals surface area contributed by atoms with Crippen molar-refractivity contribution >= 4 is 0 Å². The van der Waals surface area contributed by atoms with E-state index in [1.807, 2.05) is 13.8 Å². The minimum absolute atomic E-state index is 0.0755. The van der Waals surface area contributed by atoms with Crippen LogP contribution in [0.4, 0.5) is 4.39 Å². The van der Waals surface area contributed by atoms with Crippen LogP contribution in [0, 0.1) is 17.8 Å². The van der Waals surface area contributed by atoms with Gasteiger partial charge in [-0.25, -0.2) is 4.39 Å². The van der Waals surface area contributed by atoms with Crippen molar-refractivity contribution in [3.63, 3.8) is 0 Å². The van der Waals surface area contributed by atoms with E-state index in [1.165, 1.54) is 0 Å². The van der Waals surface area contributed by atoms with E-state index in [0.29, 0.717) is 19.1 Å². The normalized spacial score (nSPS) is 43.5. The van der Waals surface area contributed by atoms with E-state index in [2.05, 4.69) is 0 Å². The summed E-state index contributed by atoms with van der Waals surface area (Å²) < 4.78 is 33.4. The molecule has 3 fully saturated rings. The van der Waals surface area contributed by atoms with E-state index >= 15 is 0 Å². The van der Waals surface area contributed by atoms with E-state index < -0.39 is 36.7 Å². The van der Waals surface area contributed by atoms with Crippen LogP contribution in [0.5, 0.6) is 0 Å². The number of ether oxygens (including phenoxy) is 4. The van der Waals surface area contributed by atoms with Gasteiger partial charge in [-0.1, -0.05) is 20.8 Å². The summed E-state index contributed by atoms with van der Waals surface area (Å²) in [7, 11) is 1.56. The Balaban J connectivity index is 0.000000249. The van der Waals surface area contributed by atoms with Crippen molar-refractivity contribution in [1.29, 1.82) is 0 Å². The van der Waals surface area contributed by atoms with Crippen LogP contribution in [0.15, 0.2) is 0 Å². The number of alkyl halides is 1. The van der Waals surface area contributed by atoms with Gasteiger partial charge >= 0.3 is 0 Å². The molecule has 0 spiro atoms. The highest BCUT2D eigenvalue weighted by molar-refractivity contribution is 4.86. The second-order valence-corrected chi connectivity index (χ2v) is 9.15. The van der Waals surface area contributed by atoms with E-state index in [4.69, 9.17) is 39.4 Å². The van der Waals surface area contributed by atoms with Crippen molar-refractivity contribution in [3.8, 4) is 0 Å². The van der Waals surface area contributed by atoms with Crippen LogP contribution in [-0.2, 0) is 18.9 Å². The standard InChI is InChI=1S/C8H16O4.C7H13FO3.C7H14O3/c1-5-4-12-6(3-9)7(10)8(5)11-2;1-4-3-11-5(2-9)7(10)6(4)8;1-5-2-6(9)7(3-8)10-4-5/h5-10H,3-4H2,1-2H3;4-7,9-10H,2-3H2,1H3;5-9H,2-4H2,1H3/t5-,6-,7-,8?;4-,5-,6+,7-;5-,6-,7+/m110/s1. The molecule has 11 heteroatoms. The molecule has 10 nitrogen and oxygen atoms in total. The predicted molar refractivity (Wildman–Crippen MR) is 116 cm³/mol. The van der Waals surface area contributed by atoms with Crippen molar-refractivity contribution in [3.05, 3.63) is 0 Å². The summed E-state index contributed by atoms with van der Waals surface area (Å²) >= 11 is 0. The zero-order valence-corrected chi connectivity index (χ0v) is 20.0. The zero-order valence-electron chi connectivity index (χ0n) is 20.0. The second-order valence-electron chi connectivity index (χ2n) is 9.15. The molecule has 1 unspecified atom stereocenters. The fourth-order valence-electron chi connectivity index (χ4n) is 3.92. The van der Waals surface area contributed by atoms with E-state index in [1.54, 1.807) is 14.0 Å². The maximum atomic E-state index is 13.0. The highest BCUT2D eigenvalue weighted by Crippen LogP contribution is 2.23. The van der Waals surface area contributed by atoms with Crippen LogP contribution >= 0.6 is 0 Å². The third kappa shape index (κ3) is 9.25. The molecule has 33 heavy (non-hydrogen) atoms. The quantitative estimate of drug-likeness (QED) is 0.287. The number of methoxy groups -OCH3 is 1. The van der Waals surface area contributed by atoms with Gasteiger partial charge in [-0.15, -0.1) is 0 Å². The number of aliphatic hydroxyl groups is 6. The molecule has 0 aliphatic carbocycles. The van der Waals surface area contributed by atoms with Crippen LogP contribution in [0.1, 0.15) is 27.2 Å². The summed E-state index contributed by atoms with van der Waals surface area (Å²) in [6.45, 7) is 6.53. The third-order valence-corrected chi connectivity index (χ3v) is 6.16.